The molecule has 2 unspecified atom stereocenters. The minimum atomic E-state index is -0.843. The molecule has 0 saturated carbocycles. The third kappa shape index (κ3) is 3.35. The Labute approximate surface area is 149 Å². The van der Waals surface area contributed by atoms with Crippen LogP contribution in [0.5, 0.6) is 0 Å². The molecule has 3 rings (SSSR count). The van der Waals surface area contributed by atoms with Crippen molar-refractivity contribution in [3.8, 4) is 11.1 Å². The number of fused-ring (bicyclic) bond motifs is 1. The zero-order valence-corrected chi connectivity index (χ0v) is 15.9. The monoisotopic (exact) mass is 359 g/mol. The van der Waals surface area contributed by atoms with Crippen LogP contribution in [0, 0.1) is 6.92 Å². The normalized spacial score (nSPS) is 13.8. The van der Waals surface area contributed by atoms with Gasteiger partial charge in [0.05, 0.1) is 5.39 Å². The summed E-state index contributed by atoms with van der Waals surface area (Å²) in [6, 6.07) is 10.5. The highest BCUT2D eigenvalue weighted by molar-refractivity contribution is 7.84. The first-order valence-corrected chi connectivity index (χ1v) is 10.4. The molecule has 0 fully saturated rings. The van der Waals surface area contributed by atoms with Crippen molar-refractivity contribution in [2.45, 2.75) is 19.9 Å². The fraction of sp³-hybridized carbons (Fsp3) is 0.333. The highest BCUT2D eigenvalue weighted by Crippen LogP contribution is 2.38. The molecule has 0 aliphatic rings. The first-order chi connectivity index (χ1) is 11.5. The van der Waals surface area contributed by atoms with Crippen LogP contribution in [-0.4, -0.2) is 39.3 Å². The zero-order chi connectivity index (χ0) is 17.3. The number of thiophene rings is 1. The van der Waals surface area contributed by atoms with E-state index in [0.717, 1.165) is 33.0 Å². The van der Waals surface area contributed by atoms with E-state index >= 15 is 0 Å². The van der Waals surface area contributed by atoms with Crippen molar-refractivity contribution in [1.82, 2.24) is 9.97 Å². The van der Waals surface area contributed by atoms with E-state index in [-0.39, 0.29) is 6.04 Å². The SMILES string of the molecule is Cc1nc(N(C)C(C)CS(C)=O)c2c(-c3ccccc3)csc2n1. The van der Waals surface area contributed by atoms with Crippen molar-refractivity contribution in [1.29, 1.82) is 0 Å². The van der Waals surface area contributed by atoms with Gasteiger partial charge in [-0.25, -0.2) is 9.97 Å². The molecule has 6 heteroatoms. The van der Waals surface area contributed by atoms with Gasteiger partial charge in [-0.2, -0.15) is 0 Å². The fourth-order valence-electron chi connectivity index (χ4n) is 2.77. The average molecular weight is 360 g/mol. The Kier molecular flexibility index (Phi) is 4.96. The van der Waals surface area contributed by atoms with E-state index in [0.29, 0.717) is 5.75 Å². The second-order valence-electron chi connectivity index (χ2n) is 5.99. The lowest BCUT2D eigenvalue weighted by atomic mass is 10.1. The predicted molar refractivity (Wildman–Crippen MR) is 104 cm³/mol. The molecule has 0 aliphatic heterocycles. The van der Waals surface area contributed by atoms with Gasteiger partial charge in [0.15, 0.2) is 0 Å². The minimum Gasteiger partial charge on any atom is -0.355 e. The van der Waals surface area contributed by atoms with Gasteiger partial charge < -0.3 is 4.90 Å². The van der Waals surface area contributed by atoms with E-state index in [1.165, 1.54) is 0 Å². The van der Waals surface area contributed by atoms with E-state index in [1.54, 1.807) is 17.6 Å². The highest BCUT2D eigenvalue weighted by atomic mass is 32.2. The summed E-state index contributed by atoms with van der Waals surface area (Å²) in [5.74, 6) is 2.29. The Morgan fingerprint density at radius 2 is 1.96 bits per heavy atom. The molecule has 126 valence electrons. The third-order valence-corrected chi connectivity index (χ3v) is 5.91. The number of nitrogens with zero attached hydrogens (tertiary/aromatic N) is 3. The predicted octanol–water partition coefficient (Wildman–Crippen LogP) is 3.87. The number of hydrogen-bond donors (Lipinski definition) is 0. The first kappa shape index (κ1) is 17.0. The van der Waals surface area contributed by atoms with Crippen LogP contribution in [0.2, 0.25) is 0 Å². The Morgan fingerprint density at radius 1 is 1.25 bits per heavy atom. The molecule has 0 spiro atoms. The molecule has 2 aromatic heterocycles. The number of aryl methyl sites for hydroxylation is 1. The van der Waals surface area contributed by atoms with Crippen LogP contribution in [-0.2, 0) is 10.8 Å². The molecule has 2 heterocycles. The number of anilines is 1. The van der Waals surface area contributed by atoms with E-state index in [9.17, 15) is 4.21 Å². The van der Waals surface area contributed by atoms with Crippen LogP contribution in [0.15, 0.2) is 35.7 Å². The van der Waals surface area contributed by atoms with Crippen LogP contribution in [0.1, 0.15) is 12.7 Å². The van der Waals surface area contributed by atoms with Gasteiger partial charge in [0.25, 0.3) is 0 Å². The second-order valence-corrected chi connectivity index (χ2v) is 8.33. The van der Waals surface area contributed by atoms with Gasteiger partial charge >= 0.3 is 0 Å². The highest BCUT2D eigenvalue weighted by Gasteiger charge is 2.20. The maximum Gasteiger partial charge on any atom is 0.141 e. The lowest BCUT2D eigenvalue weighted by molar-refractivity contribution is 0.674. The molecule has 0 bridgehead atoms. The molecule has 0 aliphatic carbocycles. The number of aromatic nitrogens is 2. The maximum atomic E-state index is 11.6. The molecule has 24 heavy (non-hydrogen) atoms. The molecule has 4 nitrogen and oxygen atoms in total. The molecule has 0 radical (unpaired) electrons. The summed E-state index contributed by atoms with van der Waals surface area (Å²) in [5, 5.41) is 3.22. The van der Waals surface area contributed by atoms with Crippen LogP contribution in [0.4, 0.5) is 5.82 Å². The van der Waals surface area contributed by atoms with Crippen molar-refractivity contribution in [2.24, 2.45) is 0 Å². The molecule has 0 saturated heterocycles. The van der Waals surface area contributed by atoms with Gasteiger partial charge in [-0.05, 0) is 19.4 Å². The van der Waals surface area contributed by atoms with Crippen molar-refractivity contribution >= 4 is 38.2 Å². The Bertz CT molecular complexity index is 877. The lowest BCUT2D eigenvalue weighted by Crippen LogP contribution is -2.34. The molecular weight excluding hydrogens is 338 g/mol. The number of rotatable bonds is 5. The van der Waals surface area contributed by atoms with Crippen LogP contribution in [0.3, 0.4) is 0 Å². The quantitative estimate of drug-likeness (QED) is 0.694. The van der Waals surface area contributed by atoms with Crippen LogP contribution >= 0.6 is 11.3 Å². The van der Waals surface area contributed by atoms with E-state index in [2.05, 4.69) is 34.3 Å². The largest absolute Gasteiger partial charge is 0.355 e. The van der Waals surface area contributed by atoms with E-state index in [1.807, 2.05) is 32.2 Å². The lowest BCUT2D eigenvalue weighted by Gasteiger charge is -2.26. The molecule has 3 aromatic rings. The van der Waals surface area contributed by atoms with E-state index in [4.69, 9.17) is 4.98 Å². The summed E-state index contributed by atoms with van der Waals surface area (Å²) in [6.07, 6.45) is 1.74. The third-order valence-electron chi connectivity index (χ3n) is 4.08. The maximum absolute atomic E-state index is 11.6. The van der Waals surface area contributed by atoms with Gasteiger partial charge in [-0.3, -0.25) is 4.21 Å². The number of benzene rings is 1. The molecule has 2 atom stereocenters. The topological polar surface area (TPSA) is 46.1 Å². The van der Waals surface area contributed by atoms with Crippen molar-refractivity contribution in [3.63, 3.8) is 0 Å². The summed E-state index contributed by atoms with van der Waals surface area (Å²) in [6.45, 7) is 4.00. The van der Waals surface area contributed by atoms with Crippen LogP contribution in [0.25, 0.3) is 21.3 Å². The van der Waals surface area contributed by atoms with Crippen molar-refractivity contribution in [2.75, 3.05) is 24.0 Å². The van der Waals surface area contributed by atoms with E-state index < -0.39 is 10.8 Å². The summed E-state index contributed by atoms with van der Waals surface area (Å²) < 4.78 is 11.6. The summed E-state index contributed by atoms with van der Waals surface area (Å²) in [5.41, 5.74) is 2.32. The molecule has 0 N–H and O–H groups in total. The van der Waals surface area contributed by atoms with Crippen molar-refractivity contribution in [3.05, 3.63) is 41.5 Å². The first-order valence-electron chi connectivity index (χ1n) is 7.81. The van der Waals surface area contributed by atoms with Crippen molar-refractivity contribution < 1.29 is 4.21 Å². The second kappa shape index (κ2) is 6.99. The fourth-order valence-corrected chi connectivity index (χ4v) is 4.66. The summed E-state index contributed by atoms with van der Waals surface area (Å²) in [4.78, 5) is 12.4. The number of hydrogen-bond acceptors (Lipinski definition) is 5. The van der Waals surface area contributed by atoms with Gasteiger partial charge in [-0.1, -0.05) is 30.3 Å². The Balaban J connectivity index is 2.16. The smallest absolute Gasteiger partial charge is 0.141 e. The molecular formula is C18H21N3OS2. The molecule has 0 amide bonds. The van der Waals surface area contributed by atoms with Crippen LogP contribution < -0.4 is 4.90 Å². The van der Waals surface area contributed by atoms with Gasteiger partial charge in [0, 0.05) is 46.8 Å². The van der Waals surface area contributed by atoms with Gasteiger partial charge in [0.2, 0.25) is 0 Å². The Morgan fingerprint density at radius 3 is 2.62 bits per heavy atom. The summed E-state index contributed by atoms with van der Waals surface area (Å²) >= 11 is 1.64. The average Bonchev–Trinajstić information content (AvgIpc) is 2.97. The van der Waals surface area contributed by atoms with Gasteiger partial charge in [0.1, 0.15) is 16.5 Å². The standard InChI is InChI=1S/C18H21N3OS2/c1-12(11-24(4)22)21(3)17-16-15(14-8-6-5-7-9-14)10-23-18(16)20-13(2)19-17/h5-10,12H,11H2,1-4H3. The molecule has 1 aromatic carbocycles. The summed E-state index contributed by atoms with van der Waals surface area (Å²) in [7, 11) is 1.18. The zero-order valence-electron chi connectivity index (χ0n) is 14.3. The minimum absolute atomic E-state index is 0.136. The Hall–Kier alpha value is -1.79. The van der Waals surface area contributed by atoms with Gasteiger partial charge in [-0.15, -0.1) is 11.3 Å².